The second-order valence-electron chi connectivity index (χ2n) is 5.23. The van der Waals surface area contributed by atoms with Crippen LogP contribution in [0.5, 0.6) is 0 Å². The fourth-order valence-corrected chi connectivity index (χ4v) is 4.11. The summed E-state index contributed by atoms with van der Waals surface area (Å²) in [5.74, 6) is 5.11. The van der Waals surface area contributed by atoms with Crippen LogP contribution in [0, 0.1) is 36.5 Å². The van der Waals surface area contributed by atoms with E-state index in [-0.39, 0.29) is 0 Å². The molecule has 0 nitrogen and oxygen atoms in total. The Morgan fingerprint density at radius 2 is 1.93 bits per heavy atom. The summed E-state index contributed by atoms with van der Waals surface area (Å²) in [6, 6.07) is 0. The van der Waals surface area contributed by atoms with Crippen molar-refractivity contribution in [2.75, 3.05) is 0 Å². The largest absolute Gasteiger partial charge is 0.343 e. The summed E-state index contributed by atoms with van der Waals surface area (Å²) in [7, 11) is 0. The minimum absolute atomic E-state index is 0. The molecule has 0 heterocycles. The summed E-state index contributed by atoms with van der Waals surface area (Å²) in [5, 5.41) is 0. The summed E-state index contributed by atoms with van der Waals surface area (Å²) in [6.45, 7) is 8.95. The Kier molecular flexibility index (Phi) is 3.18. The predicted octanol–water partition coefficient (Wildman–Crippen LogP) is 3.92. The van der Waals surface area contributed by atoms with Gasteiger partial charge in [0.2, 0.25) is 0 Å². The van der Waals surface area contributed by atoms with Crippen molar-refractivity contribution in [3.05, 3.63) is 6.92 Å². The fraction of sp³-hybridized carbons (Fsp3) is 0.923. The van der Waals surface area contributed by atoms with E-state index in [2.05, 4.69) is 20.8 Å². The molecule has 2 aliphatic carbocycles. The predicted molar refractivity (Wildman–Crippen MR) is 57.2 cm³/mol. The van der Waals surface area contributed by atoms with Crippen molar-refractivity contribution >= 4 is 0 Å². The molecule has 2 fully saturated rings. The molecule has 2 rings (SSSR count). The molecule has 0 aliphatic heterocycles. The smallest absolute Gasteiger partial charge is 0 e. The van der Waals surface area contributed by atoms with Gasteiger partial charge in [-0.1, -0.05) is 26.2 Å². The quantitative estimate of drug-likeness (QED) is 0.577. The first kappa shape index (κ1) is 11.1. The second-order valence-corrected chi connectivity index (χ2v) is 5.23. The Morgan fingerprint density at radius 3 is 2.36 bits per heavy atom. The van der Waals surface area contributed by atoms with Crippen LogP contribution in [0.25, 0.3) is 0 Å². The average Bonchev–Trinajstić information content (AvgIpc) is 2.70. The van der Waals surface area contributed by atoms with Crippen LogP contribution in [0.4, 0.5) is 0 Å². The normalized spacial score (nSPS) is 42.2. The number of hydrogen-bond donors (Lipinski definition) is 0. The molecule has 0 radical (unpaired) electrons. The molecular formula is C13H23Rf-. The average molecular weight is 446 g/mol. The zero-order valence-electron chi connectivity index (χ0n) is 9.84. The minimum Gasteiger partial charge on any atom is -0.343 e. The van der Waals surface area contributed by atoms with Gasteiger partial charge in [0.15, 0.2) is 0 Å². The summed E-state index contributed by atoms with van der Waals surface area (Å²) in [6.07, 6.45) is 7.10. The van der Waals surface area contributed by atoms with Gasteiger partial charge in [0.1, 0.15) is 0 Å². The standard InChI is InChI=1S/C13H23.Rf/c1-4-10(5-2)13-9(3)11-6-7-12(13)8-11;/h9-13H,1,4-8H2,2-3H3;/q-1;. The van der Waals surface area contributed by atoms with Gasteiger partial charge in [-0.05, 0) is 42.9 Å². The second kappa shape index (κ2) is 4.02. The van der Waals surface area contributed by atoms with E-state index in [0.717, 1.165) is 36.0 Å². The van der Waals surface area contributed by atoms with E-state index in [1.165, 1.54) is 19.3 Å². The van der Waals surface area contributed by atoms with Crippen LogP contribution in [0.1, 0.15) is 46.0 Å². The van der Waals surface area contributed by atoms with Gasteiger partial charge in [0.05, 0.1) is 0 Å². The number of fused-ring (bicyclic) bond motifs is 2. The maximum Gasteiger partial charge on any atom is 0 e. The van der Waals surface area contributed by atoms with E-state index in [1.54, 1.807) is 6.42 Å². The molecule has 0 saturated heterocycles. The van der Waals surface area contributed by atoms with Crippen molar-refractivity contribution in [3.8, 4) is 0 Å². The van der Waals surface area contributed by atoms with Crippen LogP contribution < -0.4 is 0 Å². The Hall–Kier alpha value is -1.00. The molecule has 14 heavy (non-hydrogen) atoms. The monoisotopic (exact) mass is 446 g/mol. The van der Waals surface area contributed by atoms with Crippen molar-refractivity contribution in [3.63, 3.8) is 0 Å². The van der Waals surface area contributed by atoms with Gasteiger partial charge in [0.25, 0.3) is 0 Å². The molecule has 0 N–H and O–H groups in total. The summed E-state index contributed by atoms with van der Waals surface area (Å²) in [4.78, 5) is 0. The Bertz CT molecular complexity index is 172. The van der Waals surface area contributed by atoms with Gasteiger partial charge in [-0.2, -0.15) is 6.42 Å². The van der Waals surface area contributed by atoms with Gasteiger partial charge >= 0.3 is 0 Å². The molecule has 5 atom stereocenters. The van der Waals surface area contributed by atoms with Gasteiger partial charge in [-0.3, -0.25) is 0 Å². The molecule has 2 saturated carbocycles. The van der Waals surface area contributed by atoms with Crippen LogP contribution in [-0.2, 0) is 0 Å². The zero-order valence-corrected chi connectivity index (χ0v) is 16.2. The van der Waals surface area contributed by atoms with Crippen LogP contribution in [0.2, 0.25) is 0 Å². The first-order valence-electron chi connectivity index (χ1n) is 6.07. The van der Waals surface area contributed by atoms with Gasteiger partial charge in [0, 0.05) is 0 Å². The Morgan fingerprint density at radius 1 is 1.29 bits per heavy atom. The maximum absolute atomic E-state index is 4.12. The van der Waals surface area contributed by atoms with E-state index in [9.17, 15) is 0 Å². The van der Waals surface area contributed by atoms with Gasteiger partial charge in [-0.25, -0.2) is 0 Å². The first-order valence-corrected chi connectivity index (χ1v) is 6.07. The SMILES string of the molecule is [CH2-]CC(CC)C1C2CCC(C2)C1C.[Rf]. The van der Waals surface area contributed by atoms with E-state index in [1.807, 2.05) is 0 Å². The van der Waals surface area contributed by atoms with E-state index in [0.29, 0.717) is 0 Å². The van der Waals surface area contributed by atoms with Crippen LogP contribution in [0.15, 0.2) is 0 Å². The van der Waals surface area contributed by atoms with Gasteiger partial charge in [-0.15, -0.1) is 0 Å². The molecule has 0 amide bonds. The fourth-order valence-electron chi connectivity index (χ4n) is 4.11. The van der Waals surface area contributed by atoms with Crippen molar-refractivity contribution in [2.24, 2.45) is 29.6 Å². The van der Waals surface area contributed by atoms with Crippen LogP contribution in [-0.4, -0.2) is 0 Å². The van der Waals surface area contributed by atoms with Crippen molar-refractivity contribution in [1.29, 1.82) is 0 Å². The molecule has 5 unspecified atom stereocenters. The molecule has 0 spiro atoms. The van der Waals surface area contributed by atoms with E-state index in [4.69, 9.17) is 0 Å². The third kappa shape index (κ3) is 1.40. The number of hydrogen-bond acceptors (Lipinski definition) is 0. The zero-order chi connectivity index (χ0) is 9.42. The van der Waals surface area contributed by atoms with Crippen molar-refractivity contribution in [1.82, 2.24) is 0 Å². The Labute approximate surface area is 83.1 Å². The van der Waals surface area contributed by atoms with Crippen LogP contribution >= 0.6 is 0 Å². The summed E-state index contributed by atoms with van der Waals surface area (Å²) < 4.78 is 0. The molecular weight excluding hydrogens is 423 g/mol. The topological polar surface area (TPSA) is 0 Å². The first-order chi connectivity index (χ1) is 6.27. The molecule has 0 aromatic heterocycles. The molecule has 1 heteroatoms. The molecule has 0 aromatic carbocycles. The minimum atomic E-state index is 0. The third-order valence-electron chi connectivity index (χ3n) is 4.85. The van der Waals surface area contributed by atoms with Crippen molar-refractivity contribution in [2.45, 2.75) is 46.0 Å². The Balaban J connectivity index is 0.000000980. The molecule has 0 aromatic rings. The summed E-state index contributed by atoms with van der Waals surface area (Å²) in [5.41, 5.74) is 0. The van der Waals surface area contributed by atoms with E-state index < -0.39 is 0 Å². The van der Waals surface area contributed by atoms with Crippen LogP contribution in [0.3, 0.4) is 0 Å². The van der Waals surface area contributed by atoms with E-state index >= 15 is 0 Å². The van der Waals surface area contributed by atoms with Crippen molar-refractivity contribution < 1.29 is 0 Å². The third-order valence-corrected chi connectivity index (χ3v) is 4.85. The van der Waals surface area contributed by atoms with Gasteiger partial charge < -0.3 is 6.92 Å². The molecule has 78 valence electrons. The maximum atomic E-state index is 4.12. The molecule has 2 aliphatic rings. The molecule has 2 bridgehead atoms. The summed E-state index contributed by atoms with van der Waals surface area (Å²) >= 11 is 0. The number of rotatable bonds is 3.